The normalized spacial score (nSPS) is 19.0. The molecule has 8 heteroatoms. The molecule has 1 fully saturated rings. The molecule has 2 rings (SSSR count). The van der Waals surface area contributed by atoms with E-state index in [2.05, 4.69) is 60.2 Å². The molecule has 0 aliphatic carbocycles. The molecule has 2 N–H and O–H groups in total. The number of carboxylic acid groups (broad SMARTS) is 1. The molecular formula is C19H26N4O3S. The summed E-state index contributed by atoms with van der Waals surface area (Å²) in [4.78, 5) is 24.8. The Labute approximate surface area is 163 Å². The number of amidine groups is 1. The van der Waals surface area contributed by atoms with Gasteiger partial charge < -0.3 is 10.4 Å². The summed E-state index contributed by atoms with van der Waals surface area (Å²) in [6.07, 6.45) is 1.40. The molecule has 1 heterocycles. The minimum Gasteiger partial charge on any atom is -0.481 e. The number of thioether (sulfide) groups is 1. The molecule has 7 nitrogen and oxygen atoms in total. The number of aliphatic carboxylic acids is 1. The topological polar surface area (TPSA) is 94.4 Å². The number of carbonyl (C=O) groups excluding carboxylic acids is 1. The SMILES string of the molecule is CC(C)N(Cc1cccc(C=NN=C2NC(=O)C(CC(=O)O)S2)c1)C(C)C. The van der Waals surface area contributed by atoms with E-state index in [-0.39, 0.29) is 12.3 Å². The highest BCUT2D eigenvalue weighted by Gasteiger charge is 2.32. The zero-order valence-electron chi connectivity index (χ0n) is 16.0. The van der Waals surface area contributed by atoms with E-state index < -0.39 is 11.2 Å². The van der Waals surface area contributed by atoms with Crippen molar-refractivity contribution in [2.75, 3.05) is 0 Å². The monoisotopic (exact) mass is 390 g/mol. The number of carbonyl (C=O) groups is 2. The van der Waals surface area contributed by atoms with E-state index in [9.17, 15) is 9.59 Å². The Kier molecular flexibility index (Phi) is 7.55. The minimum absolute atomic E-state index is 0.233. The van der Waals surface area contributed by atoms with Crippen molar-refractivity contribution < 1.29 is 14.7 Å². The molecular weight excluding hydrogens is 364 g/mol. The molecule has 1 aliphatic heterocycles. The van der Waals surface area contributed by atoms with Crippen molar-refractivity contribution >= 4 is 35.0 Å². The van der Waals surface area contributed by atoms with Gasteiger partial charge in [-0.3, -0.25) is 14.5 Å². The molecule has 0 spiro atoms. The van der Waals surface area contributed by atoms with Gasteiger partial charge in [-0.05, 0) is 44.9 Å². The van der Waals surface area contributed by atoms with Crippen LogP contribution in [0.2, 0.25) is 0 Å². The number of nitrogens with one attached hydrogen (secondary N) is 1. The molecule has 1 aromatic rings. The fourth-order valence-electron chi connectivity index (χ4n) is 2.84. The van der Waals surface area contributed by atoms with E-state index in [0.29, 0.717) is 17.3 Å². The van der Waals surface area contributed by atoms with Crippen molar-refractivity contribution in [2.24, 2.45) is 10.2 Å². The minimum atomic E-state index is -1.01. The lowest BCUT2D eigenvalue weighted by Crippen LogP contribution is -2.36. The van der Waals surface area contributed by atoms with Gasteiger partial charge >= 0.3 is 5.97 Å². The van der Waals surface area contributed by atoms with Crippen molar-refractivity contribution in [3.05, 3.63) is 35.4 Å². The van der Waals surface area contributed by atoms with Crippen LogP contribution in [-0.4, -0.2) is 50.6 Å². The van der Waals surface area contributed by atoms with E-state index in [0.717, 1.165) is 23.9 Å². The van der Waals surface area contributed by atoms with Crippen LogP contribution < -0.4 is 5.32 Å². The highest BCUT2D eigenvalue weighted by atomic mass is 32.2. The van der Waals surface area contributed by atoms with Crippen LogP contribution in [0.15, 0.2) is 34.5 Å². The second kappa shape index (κ2) is 9.66. The van der Waals surface area contributed by atoms with E-state index in [1.807, 2.05) is 12.1 Å². The molecule has 0 saturated carbocycles. The van der Waals surface area contributed by atoms with Gasteiger partial charge in [0.25, 0.3) is 0 Å². The third-order valence-electron chi connectivity index (χ3n) is 4.13. The van der Waals surface area contributed by atoms with Crippen molar-refractivity contribution in [1.29, 1.82) is 0 Å². The Hall–Kier alpha value is -2.19. The summed E-state index contributed by atoms with van der Waals surface area (Å²) in [6, 6.07) is 8.98. The fourth-order valence-corrected chi connectivity index (χ4v) is 3.75. The van der Waals surface area contributed by atoms with Gasteiger partial charge in [-0.2, -0.15) is 5.10 Å². The summed E-state index contributed by atoms with van der Waals surface area (Å²) in [5.41, 5.74) is 2.11. The van der Waals surface area contributed by atoms with Gasteiger partial charge in [0.2, 0.25) is 5.91 Å². The lowest BCUT2D eigenvalue weighted by Gasteiger charge is -2.30. The second-order valence-electron chi connectivity index (χ2n) is 6.95. The quantitative estimate of drug-likeness (QED) is 0.526. The van der Waals surface area contributed by atoms with Gasteiger partial charge in [-0.25, -0.2) is 0 Å². The van der Waals surface area contributed by atoms with E-state index in [1.54, 1.807) is 6.21 Å². The average Bonchev–Trinajstić information content (AvgIpc) is 2.91. The summed E-state index contributed by atoms with van der Waals surface area (Å²) in [6.45, 7) is 9.60. The van der Waals surface area contributed by atoms with Crippen LogP contribution in [0.1, 0.15) is 45.2 Å². The number of hydrogen-bond donors (Lipinski definition) is 2. The number of rotatable bonds is 8. The molecule has 0 bridgehead atoms. The third-order valence-corrected chi connectivity index (χ3v) is 5.21. The molecule has 146 valence electrons. The Morgan fingerprint density at radius 2 is 2.04 bits per heavy atom. The molecule has 1 aromatic carbocycles. The zero-order chi connectivity index (χ0) is 20.0. The maximum absolute atomic E-state index is 11.7. The Balaban J connectivity index is 2.01. The summed E-state index contributed by atoms with van der Waals surface area (Å²) in [5, 5.41) is 19.0. The maximum Gasteiger partial charge on any atom is 0.305 e. The lowest BCUT2D eigenvalue weighted by molar-refractivity contribution is -0.138. The van der Waals surface area contributed by atoms with Gasteiger partial charge in [0.1, 0.15) is 5.25 Å². The fraction of sp³-hybridized carbons (Fsp3) is 0.474. The molecule has 27 heavy (non-hydrogen) atoms. The van der Waals surface area contributed by atoms with Gasteiger partial charge in [0.15, 0.2) is 5.17 Å². The predicted octanol–water partition coefficient (Wildman–Crippen LogP) is 2.70. The van der Waals surface area contributed by atoms with Gasteiger partial charge in [-0.15, -0.1) is 5.10 Å². The number of benzene rings is 1. The molecule has 1 amide bonds. The first-order valence-electron chi connectivity index (χ1n) is 8.91. The molecule has 0 radical (unpaired) electrons. The van der Waals surface area contributed by atoms with Crippen molar-refractivity contribution in [2.45, 2.75) is 58.0 Å². The molecule has 1 aliphatic rings. The Bertz CT molecular complexity index is 738. The zero-order valence-corrected chi connectivity index (χ0v) is 16.9. The number of amides is 1. The molecule has 1 atom stereocenters. The van der Waals surface area contributed by atoms with Crippen molar-refractivity contribution in [1.82, 2.24) is 10.2 Å². The van der Waals surface area contributed by atoms with Gasteiger partial charge in [0, 0.05) is 18.6 Å². The van der Waals surface area contributed by atoms with Crippen LogP contribution in [0.4, 0.5) is 0 Å². The Morgan fingerprint density at radius 3 is 2.67 bits per heavy atom. The van der Waals surface area contributed by atoms with Gasteiger partial charge in [0.05, 0.1) is 12.6 Å². The third kappa shape index (κ3) is 6.48. The highest BCUT2D eigenvalue weighted by Crippen LogP contribution is 2.22. The van der Waals surface area contributed by atoms with Crippen LogP contribution in [0.3, 0.4) is 0 Å². The van der Waals surface area contributed by atoms with Crippen LogP contribution in [0.5, 0.6) is 0 Å². The highest BCUT2D eigenvalue weighted by molar-refractivity contribution is 8.15. The number of hydrogen-bond acceptors (Lipinski definition) is 6. The van der Waals surface area contributed by atoms with E-state index >= 15 is 0 Å². The molecule has 1 saturated heterocycles. The summed E-state index contributed by atoms with van der Waals surface area (Å²) < 4.78 is 0. The maximum atomic E-state index is 11.7. The number of nitrogens with zero attached hydrogens (tertiary/aromatic N) is 3. The summed E-state index contributed by atoms with van der Waals surface area (Å²) in [5.74, 6) is -1.36. The van der Waals surface area contributed by atoms with E-state index in [4.69, 9.17) is 5.11 Å². The average molecular weight is 391 g/mol. The largest absolute Gasteiger partial charge is 0.481 e. The molecule has 1 unspecified atom stereocenters. The first kappa shape index (κ1) is 21.1. The second-order valence-corrected chi connectivity index (χ2v) is 8.14. The smallest absolute Gasteiger partial charge is 0.305 e. The van der Waals surface area contributed by atoms with Crippen LogP contribution >= 0.6 is 11.8 Å². The summed E-state index contributed by atoms with van der Waals surface area (Å²) >= 11 is 1.09. The summed E-state index contributed by atoms with van der Waals surface area (Å²) in [7, 11) is 0. The van der Waals surface area contributed by atoms with Gasteiger partial charge in [-0.1, -0.05) is 30.0 Å². The first-order valence-corrected chi connectivity index (χ1v) is 9.79. The van der Waals surface area contributed by atoms with Crippen LogP contribution in [0, 0.1) is 0 Å². The number of carboxylic acids is 1. The van der Waals surface area contributed by atoms with Crippen molar-refractivity contribution in [3.8, 4) is 0 Å². The standard InChI is InChI=1S/C19H26N4O3S/c1-12(2)23(13(3)4)11-15-7-5-6-14(8-15)10-20-22-19-21-18(26)16(27-19)9-17(24)25/h5-8,10,12-13,16H,9,11H2,1-4H3,(H,24,25)(H,21,22,26). The van der Waals surface area contributed by atoms with Crippen LogP contribution in [-0.2, 0) is 16.1 Å². The lowest BCUT2D eigenvalue weighted by atomic mass is 10.1. The van der Waals surface area contributed by atoms with Crippen molar-refractivity contribution in [3.63, 3.8) is 0 Å². The predicted molar refractivity (Wildman–Crippen MR) is 109 cm³/mol. The van der Waals surface area contributed by atoms with Crippen LogP contribution in [0.25, 0.3) is 0 Å². The van der Waals surface area contributed by atoms with E-state index in [1.165, 1.54) is 5.56 Å². The Morgan fingerprint density at radius 1 is 1.33 bits per heavy atom. The first-order chi connectivity index (χ1) is 12.8. The molecule has 0 aromatic heterocycles.